The van der Waals surface area contributed by atoms with Gasteiger partial charge < -0.3 is 9.47 Å². The van der Waals surface area contributed by atoms with Gasteiger partial charge in [0.1, 0.15) is 11.5 Å². The van der Waals surface area contributed by atoms with Crippen molar-refractivity contribution in [1.29, 1.82) is 0 Å². The molecule has 0 spiro atoms. The van der Waals surface area contributed by atoms with Gasteiger partial charge in [0.05, 0.1) is 14.2 Å². The largest absolute Gasteiger partial charge is 0.496 e. The van der Waals surface area contributed by atoms with E-state index in [1.54, 1.807) is 14.2 Å². The maximum Gasteiger partial charge on any atom is 0.126 e. The highest BCUT2D eigenvalue weighted by Gasteiger charge is 2.11. The van der Waals surface area contributed by atoms with E-state index in [4.69, 9.17) is 9.47 Å². The summed E-state index contributed by atoms with van der Waals surface area (Å²) in [4.78, 5) is 0. The Morgan fingerprint density at radius 2 is 1.25 bits per heavy atom. The Labute approximate surface area is 143 Å². The van der Waals surface area contributed by atoms with Gasteiger partial charge in [-0.25, -0.2) is 0 Å². The normalized spacial score (nSPS) is 11.2. The summed E-state index contributed by atoms with van der Waals surface area (Å²) >= 11 is 0. The molecule has 0 aliphatic rings. The van der Waals surface area contributed by atoms with Crippen molar-refractivity contribution in [2.24, 2.45) is 0 Å². The van der Waals surface area contributed by atoms with Crippen LogP contribution in [-0.4, -0.2) is 14.2 Å². The summed E-state index contributed by atoms with van der Waals surface area (Å²) in [6.45, 7) is 0. The van der Waals surface area contributed by atoms with Crippen molar-refractivity contribution in [1.82, 2.24) is 0 Å². The second-order valence-electron chi connectivity index (χ2n) is 5.37. The molecule has 0 fully saturated rings. The molecule has 0 aliphatic carbocycles. The average Bonchev–Trinajstić information content (AvgIpc) is 2.67. The molecule has 120 valence electrons. The highest BCUT2D eigenvalue weighted by atomic mass is 16.5. The monoisotopic (exact) mass is 316 g/mol. The zero-order valence-electron chi connectivity index (χ0n) is 13.9. The first kappa shape index (κ1) is 15.9. The van der Waals surface area contributed by atoms with Crippen LogP contribution in [0, 0.1) is 0 Å². The third-order valence-corrected chi connectivity index (χ3v) is 3.92. The molecule has 0 N–H and O–H groups in total. The van der Waals surface area contributed by atoms with Crippen LogP contribution in [0.25, 0.3) is 11.6 Å². The summed E-state index contributed by atoms with van der Waals surface area (Å²) in [5.41, 5.74) is 4.31. The van der Waals surface area contributed by atoms with Crippen molar-refractivity contribution in [2.75, 3.05) is 14.2 Å². The van der Waals surface area contributed by atoms with Crippen LogP contribution >= 0.6 is 0 Å². The van der Waals surface area contributed by atoms with E-state index < -0.39 is 0 Å². The number of ether oxygens (including phenoxy) is 2. The fourth-order valence-corrected chi connectivity index (χ4v) is 2.74. The fourth-order valence-electron chi connectivity index (χ4n) is 2.74. The van der Waals surface area contributed by atoms with Gasteiger partial charge in [0, 0.05) is 11.1 Å². The van der Waals surface area contributed by atoms with Crippen LogP contribution in [0.1, 0.15) is 16.7 Å². The van der Waals surface area contributed by atoms with E-state index >= 15 is 0 Å². The second-order valence-corrected chi connectivity index (χ2v) is 5.37. The molecule has 0 bridgehead atoms. The van der Waals surface area contributed by atoms with Crippen molar-refractivity contribution < 1.29 is 9.47 Å². The highest BCUT2D eigenvalue weighted by Crippen LogP contribution is 2.34. The predicted octanol–water partition coefficient (Wildman–Crippen LogP) is 5.29. The van der Waals surface area contributed by atoms with Gasteiger partial charge in [-0.2, -0.15) is 0 Å². The first-order chi connectivity index (χ1) is 11.8. The summed E-state index contributed by atoms with van der Waals surface area (Å²) in [5.74, 6) is 1.70. The lowest BCUT2D eigenvalue weighted by Crippen LogP contribution is -1.94. The zero-order chi connectivity index (χ0) is 16.8. The standard InChI is InChI=1S/C22H20O2/c1-23-21-14-8-6-12-18(21)16-20(17-10-4-3-5-11-17)19-13-7-9-15-22(19)24-2/h3-16H,1-2H3/b20-16-. The van der Waals surface area contributed by atoms with Gasteiger partial charge in [-0.1, -0.05) is 66.7 Å². The molecule has 2 heteroatoms. The Morgan fingerprint density at radius 1 is 0.667 bits per heavy atom. The van der Waals surface area contributed by atoms with Crippen LogP contribution in [0.15, 0.2) is 78.9 Å². The molecule has 3 aromatic rings. The third-order valence-electron chi connectivity index (χ3n) is 3.92. The van der Waals surface area contributed by atoms with Crippen LogP contribution in [0.2, 0.25) is 0 Å². The first-order valence-corrected chi connectivity index (χ1v) is 7.87. The van der Waals surface area contributed by atoms with E-state index in [1.165, 1.54) is 0 Å². The number of rotatable bonds is 5. The van der Waals surface area contributed by atoms with E-state index in [9.17, 15) is 0 Å². The minimum Gasteiger partial charge on any atom is -0.496 e. The molecular formula is C22H20O2. The van der Waals surface area contributed by atoms with Gasteiger partial charge in [0.25, 0.3) is 0 Å². The smallest absolute Gasteiger partial charge is 0.126 e. The molecular weight excluding hydrogens is 296 g/mol. The van der Waals surface area contributed by atoms with E-state index in [1.807, 2.05) is 54.6 Å². The number of benzene rings is 3. The number of hydrogen-bond acceptors (Lipinski definition) is 2. The Balaban J connectivity index is 2.22. The van der Waals surface area contributed by atoms with Crippen LogP contribution in [0.5, 0.6) is 11.5 Å². The molecule has 3 aromatic carbocycles. The van der Waals surface area contributed by atoms with E-state index in [0.717, 1.165) is 33.8 Å². The van der Waals surface area contributed by atoms with Gasteiger partial charge in [0.2, 0.25) is 0 Å². The van der Waals surface area contributed by atoms with Crippen molar-refractivity contribution >= 4 is 11.6 Å². The molecule has 0 saturated carbocycles. The highest BCUT2D eigenvalue weighted by molar-refractivity contribution is 5.94. The molecule has 0 radical (unpaired) electrons. The molecule has 2 nitrogen and oxygen atoms in total. The van der Waals surface area contributed by atoms with Crippen LogP contribution in [0.4, 0.5) is 0 Å². The third kappa shape index (κ3) is 3.33. The van der Waals surface area contributed by atoms with Crippen LogP contribution in [-0.2, 0) is 0 Å². The van der Waals surface area contributed by atoms with Gasteiger partial charge in [0.15, 0.2) is 0 Å². The van der Waals surface area contributed by atoms with Crippen molar-refractivity contribution in [3.63, 3.8) is 0 Å². The Kier molecular flexibility index (Phi) is 4.97. The molecule has 0 saturated heterocycles. The van der Waals surface area contributed by atoms with E-state index in [-0.39, 0.29) is 0 Å². The molecule has 0 atom stereocenters. The number of hydrogen-bond donors (Lipinski definition) is 0. The molecule has 0 heterocycles. The molecule has 0 unspecified atom stereocenters. The van der Waals surface area contributed by atoms with Crippen LogP contribution < -0.4 is 9.47 Å². The predicted molar refractivity (Wildman–Crippen MR) is 99.4 cm³/mol. The average molecular weight is 316 g/mol. The lowest BCUT2D eigenvalue weighted by Gasteiger charge is -2.14. The fraction of sp³-hybridized carbons (Fsp3) is 0.0909. The lowest BCUT2D eigenvalue weighted by molar-refractivity contribution is 0.413. The SMILES string of the molecule is COc1ccccc1/C=C(/c1ccccc1)c1ccccc1OC. The summed E-state index contributed by atoms with van der Waals surface area (Å²) in [5, 5.41) is 0. The molecule has 3 rings (SSSR count). The van der Waals surface area contributed by atoms with Gasteiger partial charge in [-0.05, 0) is 29.3 Å². The zero-order valence-corrected chi connectivity index (χ0v) is 13.9. The van der Waals surface area contributed by atoms with Crippen molar-refractivity contribution in [2.45, 2.75) is 0 Å². The topological polar surface area (TPSA) is 18.5 Å². The summed E-state index contributed by atoms with van der Waals surface area (Å²) in [7, 11) is 3.39. The van der Waals surface area contributed by atoms with E-state index in [2.05, 4.69) is 30.3 Å². The van der Waals surface area contributed by atoms with Crippen molar-refractivity contribution in [3.8, 4) is 11.5 Å². The minimum atomic E-state index is 0.848. The molecule has 24 heavy (non-hydrogen) atoms. The maximum absolute atomic E-state index is 5.57. The Hall–Kier alpha value is -3.00. The summed E-state index contributed by atoms with van der Waals surface area (Å²) in [6.07, 6.45) is 2.14. The lowest BCUT2D eigenvalue weighted by atomic mass is 9.95. The second kappa shape index (κ2) is 7.51. The first-order valence-electron chi connectivity index (χ1n) is 7.87. The minimum absolute atomic E-state index is 0.848. The van der Waals surface area contributed by atoms with Crippen LogP contribution in [0.3, 0.4) is 0 Å². The summed E-state index contributed by atoms with van der Waals surface area (Å²) < 4.78 is 11.1. The number of para-hydroxylation sites is 2. The molecule has 0 amide bonds. The van der Waals surface area contributed by atoms with Gasteiger partial charge >= 0.3 is 0 Å². The quantitative estimate of drug-likeness (QED) is 0.595. The van der Waals surface area contributed by atoms with Crippen molar-refractivity contribution in [3.05, 3.63) is 95.6 Å². The number of methoxy groups -OCH3 is 2. The van der Waals surface area contributed by atoms with E-state index in [0.29, 0.717) is 0 Å². The van der Waals surface area contributed by atoms with Gasteiger partial charge in [-0.15, -0.1) is 0 Å². The summed E-state index contributed by atoms with van der Waals surface area (Å²) in [6, 6.07) is 26.4. The van der Waals surface area contributed by atoms with Gasteiger partial charge in [-0.3, -0.25) is 0 Å². The maximum atomic E-state index is 5.57. The molecule has 0 aliphatic heterocycles. The molecule has 0 aromatic heterocycles. The Morgan fingerprint density at radius 3 is 1.96 bits per heavy atom. The Bertz CT molecular complexity index is 835.